The van der Waals surface area contributed by atoms with Crippen LogP contribution < -0.4 is 4.74 Å². The number of hydrogen-bond donors (Lipinski definition) is 0. The van der Waals surface area contributed by atoms with Crippen LogP contribution in [0.4, 0.5) is 19.0 Å². The predicted molar refractivity (Wildman–Crippen MR) is 70.8 cm³/mol. The molecule has 0 N–H and O–H groups in total. The fraction of sp³-hybridized carbons (Fsp3) is 0.0714. The molecule has 0 amide bonds. The second-order valence-corrected chi connectivity index (χ2v) is 4.30. The van der Waals surface area contributed by atoms with E-state index in [0.717, 1.165) is 12.1 Å². The van der Waals surface area contributed by atoms with Gasteiger partial charge >= 0.3 is 12.1 Å². The van der Waals surface area contributed by atoms with Crippen molar-refractivity contribution in [2.24, 2.45) is 0 Å². The summed E-state index contributed by atoms with van der Waals surface area (Å²) in [6.07, 6.45) is 0.196. The lowest BCUT2D eigenvalue weighted by Crippen LogP contribution is -2.04. The fourth-order valence-electron chi connectivity index (χ4n) is 1.84. The van der Waals surface area contributed by atoms with E-state index in [1.807, 2.05) is 0 Å². The third-order valence-corrected chi connectivity index (χ3v) is 2.84. The number of ether oxygens (including phenoxy) is 1. The number of nitrogens with zero attached hydrogens (tertiary/aromatic N) is 4. The Morgan fingerprint density at radius 1 is 1.18 bits per heavy atom. The molecule has 5 nitrogen and oxygen atoms in total. The summed E-state index contributed by atoms with van der Waals surface area (Å²) in [5, 5.41) is 0. The first-order valence-corrected chi connectivity index (χ1v) is 6.03. The Bertz CT molecular complexity index is 862. The zero-order valence-corrected chi connectivity index (χ0v) is 10.9. The Morgan fingerprint density at radius 2 is 1.91 bits per heavy atom. The Hall–Kier alpha value is -3.08. The van der Waals surface area contributed by atoms with Gasteiger partial charge in [0.25, 0.3) is 5.82 Å². The van der Waals surface area contributed by atoms with Crippen LogP contribution in [0.25, 0.3) is 10.5 Å². The smallest absolute Gasteiger partial charge is 0.416 e. The number of fused-ring (bicyclic) bond motifs is 1. The van der Waals surface area contributed by atoms with E-state index in [0.29, 0.717) is 5.65 Å². The SMILES string of the molecule is [C-]#[N+]c1cn2ccnc2c(Oc2ccc(C(F)(F)F)cc2)n1. The quantitative estimate of drug-likeness (QED) is 0.670. The first-order chi connectivity index (χ1) is 10.5. The van der Waals surface area contributed by atoms with Gasteiger partial charge < -0.3 is 14.0 Å². The van der Waals surface area contributed by atoms with Crippen molar-refractivity contribution in [3.63, 3.8) is 0 Å². The van der Waals surface area contributed by atoms with Gasteiger partial charge in [-0.15, -0.1) is 0 Å². The van der Waals surface area contributed by atoms with E-state index in [2.05, 4.69) is 14.8 Å². The van der Waals surface area contributed by atoms with E-state index in [1.54, 1.807) is 10.6 Å². The molecular weight excluding hydrogens is 297 g/mol. The third-order valence-electron chi connectivity index (χ3n) is 2.84. The van der Waals surface area contributed by atoms with Gasteiger partial charge in [0, 0.05) is 18.6 Å². The van der Waals surface area contributed by atoms with Crippen LogP contribution >= 0.6 is 0 Å². The topological polar surface area (TPSA) is 43.8 Å². The molecule has 110 valence electrons. The number of hydrogen-bond acceptors (Lipinski definition) is 3. The Balaban J connectivity index is 1.96. The molecule has 8 heteroatoms. The van der Waals surface area contributed by atoms with Crippen molar-refractivity contribution in [2.45, 2.75) is 6.18 Å². The van der Waals surface area contributed by atoms with E-state index in [9.17, 15) is 13.2 Å². The van der Waals surface area contributed by atoms with Crippen LogP contribution in [-0.2, 0) is 6.18 Å². The van der Waals surface area contributed by atoms with Crippen molar-refractivity contribution in [1.82, 2.24) is 14.4 Å². The molecule has 22 heavy (non-hydrogen) atoms. The minimum absolute atomic E-state index is 0.0539. The largest absolute Gasteiger partial charge is 0.419 e. The van der Waals surface area contributed by atoms with E-state index < -0.39 is 11.7 Å². The fourth-order valence-corrected chi connectivity index (χ4v) is 1.84. The van der Waals surface area contributed by atoms with Gasteiger partial charge in [0.1, 0.15) is 5.75 Å². The van der Waals surface area contributed by atoms with Crippen molar-refractivity contribution in [3.05, 3.63) is 59.8 Å². The van der Waals surface area contributed by atoms with Gasteiger partial charge in [-0.05, 0) is 24.3 Å². The lowest BCUT2D eigenvalue weighted by atomic mass is 10.2. The van der Waals surface area contributed by atoms with Crippen LogP contribution in [0, 0.1) is 6.57 Å². The number of halogens is 3. The van der Waals surface area contributed by atoms with Crippen LogP contribution in [0.2, 0.25) is 0 Å². The molecule has 0 radical (unpaired) electrons. The summed E-state index contributed by atoms with van der Waals surface area (Å²) in [5.41, 5.74) is -0.402. The normalized spacial score (nSPS) is 11.4. The highest BCUT2D eigenvalue weighted by Crippen LogP contribution is 2.32. The molecule has 0 aliphatic rings. The van der Waals surface area contributed by atoms with Gasteiger partial charge in [0.05, 0.1) is 5.56 Å². The highest BCUT2D eigenvalue weighted by Gasteiger charge is 2.30. The number of aromatic nitrogens is 3. The van der Waals surface area contributed by atoms with Gasteiger partial charge in [-0.2, -0.15) is 13.2 Å². The molecule has 3 rings (SSSR count). The third kappa shape index (κ3) is 2.56. The molecule has 1 aromatic carbocycles. The van der Waals surface area contributed by atoms with Crippen molar-refractivity contribution in [1.29, 1.82) is 0 Å². The first kappa shape index (κ1) is 13.9. The maximum Gasteiger partial charge on any atom is 0.416 e. The van der Waals surface area contributed by atoms with E-state index in [4.69, 9.17) is 11.3 Å². The molecule has 2 aromatic heterocycles. The standard InChI is InChI=1S/C14H7F3N4O/c1-18-11-8-21-7-6-19-12(21)13(20-11)22-10-4-2-9(3-5-10)14(15,16)17/h2-8H. The van der Waals surface area contributed by atoms with Crippen molar-refractivity contribution >= 4 is 11.5 Å². The van der Waals surface area contributed by atoms with Crippen molar-refractivity contribution in [3.8, 4) is 11.6 Å². The summed E-state index contributed by atoms with van der Waals surface area (Å²) >= 11 is 0. The lowest BCUT2D eigenvalue weighted by molar-refractivity contribution is -0.137. The summed E-state index contributed by atoms with van der Waals surface area (Å²) in [6, 6.07) is 4.20. The van der Waals surface area contributed by atoms with Gasteiger partial charge in [-0.25, -0.2) is 4.98 Å². The highest BCUT2D eigenvalue weighted by molar-refractivity contribution is 5.55. The van der Waals surface area contributed by atoms with E-state index in [-0.39, 0.29) is 17.4 Å². The maximum atomic E-state index is 12.5. The Kier molecular flexibility index (Phi) is 3.18. The first-order valence-electron chi connectivity index (χ1n) is 6.03. The minimum atomic E-state index is -4.41. The summed E-state index contributed by atoms with van der Waals surface area (Å²) in [7, 11) is 0. The number of imidazole rings is 1. The second-order valence-electron chi connectivity index (χ2n) is 4.30. The van der Waals surface area contributed by atoms with Crippen molar-refractivity contribution in [2.75, 3.05) is 0 Å². The Labute approximate surface area is 122 Å². The molecule has 0 bridgehead atoms. The molecular formula is C14H7F3N4O. The van der Waals surface area contributed by atoms with Crippen LogP contribution in [-0.4, -0.2) is 14.4 Å². The summed E-state index contributed by atoms with van der Waals surface area (Å²) < 4.78 is 44.5. The van der Waals surface area contributed by atoms with Gasteiger partial charge in [0.15, 0.2) is 0 Å². The zero-order chi connectivity index (χ0) is 15.7. The van der Waals surface area contributed by atoms with Crippen LogP contribution in [0.3, 0.4) is 0 Å². The predicted octanol–water partition coefficient (Wildman–Crippen LogP) is 4.09. The van der Waals surface area contributed by atoms with Crippen LogP contribution in [0.5, 0.6) is 11.6 Å². The minimum Gasteiger partial charge on any atom is -0.419 e. The van der Waals surface area contributed by atoms with Crippen LogP contribution in [0.15, 0.2) is 42.9 Å². The average Bonchev–Trinajstić information content (AvgIpc) is 2.95. The maximum absolute atomic E-state index is 12.5. The lowest BCUT2D eigenvalue weighted by Gasteiger charge is -2.07. The highest BCUT2D eigenvalue weighted by atomic mass is 19.4. The summed E-state index contributed by atoms with van der Waals surface area (Å²) in [5.74, 6) is 0.318. The van der Waals surface area contributed by atoms with Gasteiger partial charge in [-0.1, -0.05) is 11.6 Å². The molecule has 0 unspecified atom stereocenters. The molecule has 0 aliphatic heterocycles. The van der Waals surface area contributed by atoms with Crippen LogP contribution in [0.1, 0.15) is 5.56 Å². The molecule has 0 saturated heterocycles. The average molecular weight is 304 g/mol. The molecule has 0 fully saturated rings. The second kappa shape index (κ2) is 5.04. The van der Waals surface area contributed by atoms with E-state index >= 15 is 0 Å². The zero-order valence-electron chi connectivity index (χ0n) is 10.9. The Morgan fingerprint density at radius 3 is 2.55 bits per heavy atom. The van der Waals surface area contributed by atoms with Crippen molar-refractivity contribution < 1.29 is 17.9 Å². The van der Waals surface area contributed by atoms with Gasteiger partial charge in [0.2, 0.25) is 5.65 Å². The molecule has 0 atom stereocenters. The number of rotatable bonds is 2. The molecule has 0 saturated carbocycles. The van der Waals surface area contributed by atoms with E-state index in [1.165, 1.54) is 24.5 Å². The van der Waals surface area contributed by atoms with Gasteiger partial charge in [-0.3, -0.25) is 0 Å². The molecule has 3 aromatic rings. The number of benzene rings is 1. The molecule has 2 heterocycles. The number of alkyl halides is 3. The monoisotopic (exact) mass is 304 g/mol. The molecule has 0 aliphatic carbocycles. The summed E-state index contributed by atoms with van der Waals surface area (Å²) in [6.45, 7) is 6.99. The summed E-state index contributed by atoms with van der Waals surface area (Å²) in [4.78, 5) is 11.2. The molecule has 0 spiro atoms.